The molecule has 3 aromatic rings. The van der Waals surface area contributed by atoms with Crippen molar-refractivity contribution in [1.82, 2.24) is 10.6 Å². The highest BCUT2D eigenvalue weighted by molar-refractivity contribution is 8.13. The van der Waals surface area contributed by atoms with Crippen molar-refractivity contribution in [1.29, 1.82) is 0 Å². The number of benzene rings is 2. The summed E-state index contributed by atoms with van der Waals surface area (Å²) in [4.78, 5) is 8.85. The van der Waals surface area contributed by atoms with E-state index in [1.165, 1.54) is 22.3 Å². The Morgan fingerprint density at radius 2 is 1.05 bits per heavy atom. The number of hydrogen-bond donors (Lipinski definition) is 4. The molecule has 0 aliphatic carbocycles. The third kappa shape index (κ3) is 16.9. The van der Waals surface area contributed by atoms with Crippen molar-refractivity contribution >= 4 is 70.0 Å². The minimum atomic E-state index is 0. The number of amidine groups is 2. The Bertz CT molecular complexity index is 968. The Morgan fingerprint density at radius 3 is 1.44 bits per heavy atom. The van der Waals surface area contributed by atoms with Crippen LogP contribution in [-0.2, 0) is 24.3 Å². The van der Waals surface area contributed by atoms with Gasteiger partial charge in [0.1, 0.15) is 0 Å². The van der Waals surface area contributed by atoms with E-state index in [4.69, 9.17) is 11.5 Å². The number of aliphatic imine (C=N–C) groups is 2. The van der Waals surface area contributed by atoms with E-state index < -0.39 is 0 Å². The maximum absolute atomic E-state index is 6.10. The van der Waals surface area contributed by atoms with Crippen LogP contribution < -0.4 is 22.1 Å². The number of hydrogen-bond acceptors (Lipinski definition) is 7. The summed E-state index contributed by atoms with van der Waals surface area (Å²) in [5.74, 6) is 1.60. The van der Waals surface area contributed by atoms with E-state index in [0.29, 0.717) is 23.7 Å². The molecule has 6 nitrogen and oxygen atoms in total. The van der Waals surface area contributed by atoms with Crippen LogP contribution in [0.15, 0.2) is 81.4 Å². The zero-order valence-corrected chi connectivity index (χ0v) is 24.8. The SMILES string of the molecule is C.C.Cl.Cl.NC(=NCNCCc1ccccc1)SCc1cscc1CSC(N)=NCNCCc1ccccc1. The molecule has 0 aliphatic heterocycles. The Hall–Kier alpha value is -1.72. The van der Waals surface area contributed by atoms with Crippen molar-refractivity contribution in [3.8, 4) is 0 Å². The summed E-state index contributed by atoms with van der Waals surface area (Å²) in [5, 5.41) is 12.2. The van der Waals surface area contributed by atoms with Crippen molar-refractivity contribution in [3.05, 3.63) is 93.7 Å². The van der Waals surface area contributed by atoms with Gasteiger partial charge in [0, 0.05) is 24.6 Å². The molecule has 1 heterocycles. The molecule has 0 unspecified atom stereocenters. The van der Waals surface area contributed by atoms with E-state index in [1.807, 2.05) is 12.1 Å². The molecule has 6 N–H and O–H groups in total. The largest absolute Gasteiger partial charge is 0.378 e. The van der Waals surface area contributed by atoms with Gasteiger partial charge in [0.2, 0.25) is 0 Å². The van der Waals surface area contributed by atoms with E-state index in [-0.39, 0.29) is 39.7 Å². The van der Waals surface area contributed by atoms with Crippen molar-refractivity contribution in [2.75, 3.05) is 26.4 Å². The second-order valence-electron chi connectivity index (χ2n) is 7.78. The van der Waals surface area contributed by atoms with Gasteiger partial charge in [0.15, 0.2) is 10.3 Å². The molecule has 0 saturated carbocycles. The monoisotopic (exact) mass is 630 g/mol. The fraction of sp³-hybridized carbons (Fsp3) is 0.357. The molecule has 2 aromatic carbocycles. The standard InChI is InChI=1S/C26H34N6S3.2CH4.2ClH/c27-25(31-19-29-13-11-21-7-3-1-4-8-21)34-17-23-15-33-16-24(23)18-35-26(28)32-20-30-14-12-22-9-5-2-6-10-22;;;;/h1-10,15-16,29-30H,11-14,17-20H2,(H2,27,31)(H2,28,32);2*1H4;2*1H. The van der Waals surface area contributed by atoms with Crippen LogP contribution in [0.1, 0.15) is 37.1 Å². The molecule has 0 amide bonds. The summed E-state index contributed by atoms with van der Waals surface area (Å²) in [6.07, 6.45) is 1.96. The average molecular weight is 632 g/mol. The molecular formula is C28H44Cl2N6S3. The van der Waals surface area contributed by atoms with Gasteiger partial charge in [-0.1, -0.05) is 99.0 Å². The normalized spacial score (nSPS) is 11.0. The number of rotatable bonds is 14. The molecule has 0 fully saturated rings. The van der Waals surface area contributed by atoms with Crippen LogP contribution in [0.4, 0.5) is 0 Å². The highest BCUT2D eigenvalue weighted by Gasteiger charge is 2.07. The number of thiophene rings is 1. The van der Waals surface area contributed by atoms with Crippen LogP contribution in [0.5, 0.6) is 0 Å². The number of nitrogens with zero attached hydrogens (tertiary/aromatic N) is 2. The van der Waals surface area contributed by atoms with Gasteiger partial charge in [-0.05, 0) is 45.9 Å². The fourth-order valence-electron chi connectivity index (χ4n) is 3.18. The highest BCUT2D eigenvalue weighted by atomic mass is 35.5. The first-order chi connectivity index (χ1) is 17.2. The van der Waals surface area contributed by atoms with Crippen LogP contribution in [0.3, 0.4) is 0 Å². The van der Waals surface area contributed by atoms with Crippen molar-refractivity contribution < 1.29 is 0 Å². The number of nitrogens with two attached hydrogens (primary N) is 2. The average Bonchev–Trinajstić information content (AvgIpc) is 3.34. The third-order valence-corrected chi connectivity index (χ3v) is 7.75. The maximum Gasteiger partial charge on any atom is 0.155 e. The van der Waals surface area contributed by atoms with E-state index in [9.17, 15) is 0 Å². The smallest absolute Gasteiger partial charge is 0.155 e. The summed E-state index contributed by atoms with van der Waals surface area (Å²) in [6, 6.07) is 20.9. The molecule has 0 bridgehead atoms. The van der Waals surface area contributed by atoms with Gasteiger partial charge in [0.05, 0.1) is 13.3 Å². The molecule has 3 rings (SSSR count). The second-order valence-corrected chi connectivity index (χ2v) is 10.5. The van der Waals surface area contributed by atoms with Gasteiger partial charge in [-0.2, -0.15) is 11.3 Å². The Morgan fingerprint density at radius 1 is 0.667 bits per heavy atom. The fourth-order valence-corrected chi connectivity index (χ4v) is 5.71. The molecule has 1 aromatic heterocycles. The predicted molar refractivity (Wildman–Crippen MR) is 184 cm³/mol. The van der Waals surface area contributed by atoms with E-state index in [1.54, 1.807) is 34.9 Å². The molecule has 0 radical (unpaired) electrons. The van der Waals surface area contributed by atoms with Crippen LogP contribution in [0, 0.1) is 0 Å². The van der Waals surface area contributed by atoms with E-state index in [2.05, 4.69) is 79.9 Å². The lowest BCUT2D eigenvalue weighted by Gasteiger charge is -2.06. The summed E-state index contributed by atoms with van der Waals surface area (Å²) in [6.45, 7) is 2.82. The number of halogens is 2. The summed E-state index contributed by atoms with van der Waals surface area (Å²) >= 11 is 4.84. The molecule has 11 heteroatoms. The molecule has 0 aliphatic rings. The third-order valence-electron chi connectivity index (χ3n) is 5.14. The van der Waals surface area contributed by atoms with Crippen LogP contribution in [0.25, 0.3) is 0 Å². The summed E-state index contributed by atoms with van der Waals surface area (Å²) < 4.78 is 0. The summed E-state index contributed by atoms with van der Waals surface area (Å²) in [5.41, 5.74) is 17.4. The van der Waals surface area contributed by atoms with Gasteiger partial charge >= 0.3 is 0 Å². The van der Waals surface area contributed by atoms with Crippen molar-refractivity contribution in [2.24, 2.45) is 21.5 Å². The number of thioether (sulfide) groups is 2. The highest BCUT2D eigenvalue weighted by Crippen LogP contribution is 2.24. The van der Waals surface area contributed by atoms with Gasteiger partial charge in [-0.25, -0.2) is 9.98 Å². The quantitative estimate of drug-likeness (QED) is 0.0916. The van der Waals surface area contributed by atoms with Gasteiger partial charge in [-0.3, -0.25) is 10.6 Å². The van der Waals surface area contributed by atoms with Crippen molar-refractivity contribution in [2.45, 2.75) is 39.2 Å². The zero-order valence-electron chi connectivity index (χ0n) is 20.7. The first-order valence-corrected chi connectivity index (χ1v) is 14.5. The molecule has 218 valence electrons. The van der Waals surface area contributed by atoms with Crippen molar-refractivity contribution in [3.63, 3.8) is 0 Å². The topological polar surface area (TPSA) is 101 Å². The van der Waals surface area contributed by atoms with Crippen LogP contribution in [0.2, 0.25) is 0 Å². The molecule has 0 spiro atoms. The minimum Gasteiger partial charge on any atom is -0.378 e. The maximum atomic E-state index is 6.10. The second kappa shape index (κ2) is 24.1. The van der Waals surface area contributed by atoms with Crippen LogP contribution >= 0.6 is 59.7 Å². The molecule has 0 atom stereocenters. The number of nitrogens with one attached hydrogen (secondary N) is 2. The van der Waals surface area contributed by atoms with Gasteiger partial charge in [-0.15, -0.1) is 24.8 Å². The molecule has 39 heavy (non-hydrogen) atoms. The van der Waals surface area contributed by atoms with E-state index >= 15 is 0 Å². The Balaban J connectivity index is 0. The van der Waals surface area contributed by atoms with Gasteiger partial charge < -0.3 is 11.5 Å². The Labute approximate surface area is 260 Å². The minimum absolute atomic E-state index is 0. The lowest BCUT2D eigenvalue weighted by molar-refractivity contribution is 0.703. The predicted octanol–water partition coefficient (Wildman–Crippen LogP) is 6.54. The lowest BCUT2D eigenvalue weighted by atomic mass is 10.1. The van der Waals surface area contributed by atoms with Gasteiger partial charge in [0.25, 0.3) is 0 Å². The lowest BCUT2D eigenvalue weighted by Crippen LogP contribution is -2.20. The molecule has 0 saturated heterocycles. The first-order valence-electron chi connectivity index (χ1n) is 11.6. The van der Waals surface area contributed by atoms with Crippen LogP contribution in [-0.4, -0.2) is 36.8 Å². The first kappa shape index (κ1) is 39.4. The van der Waals surface area contributed by atoms with E-state index in [0.717, 1.165) is 37.4 Å². The molecular weight excluding hydrogens is 587 g/mol. The Kier molecular flexibility index (Phi) is 24.4. The summed E-state index contributed by atoms with van der Waals surface area (Å²) in [7, 11) is 0. The zero-order chi connectivity index (χ0) is 24.6.